The SMILES string of the molecule is CC(C)(C)c1ccc(C(=O)NCC(=O)NCc2ccc(OCC3CC3)nc2)cc1. The summed E-state index contributed by atoms with van der Waals surface area (Å²) in [7, 11) is 0. The third-order valence-corrected chi connectivity index (χ3v) is 4.87. The van der Waals surface area contributed by atoms with Crippen molar-refractivity contribution in [1.29, 1.82) is 0 Å². The second-order valence-electron chi connectivity index (χ2n) is 8.55. The van der Waals surface area contributed by atoms with Gasteiger partial charge in [-0.15, -0.1) is 0 Å². The van der Waals surface area contributed by atoms with Gasteiger partial charge in [-0.1, -0.05) is 39.0 Å². The van der Waals surface area contributed by atoms with Crippen molar-refractivity contribution in [3.05, 3.63) is 59.3 Å². The Hall–Kier alpha value is -2.89. The van der Waals surface area contributed by atoms with Gasteiger partial charge >= 0.3 is 0 Å². The average Bonchev–Trinajstić information content (AvgIpc) is 3.53. The van der Waals surface area contributed by atoms with Crippen molar-refractivity contribution in [2.75, 3.05) is 13.2 Å². The number of pyridine rings is 1. The Morgan fingerprint density at radius 3 is 2.38 bits per heavy atom. The van der Waals surface area contributed by atoms with Crippen LogP contribution in [0.25, 0.3) is 0 Å². The molecular formula is C23H29N3O3. The van der Waals surface area contributed by atoms with E-state index in [0.717, 1.165) is 17.7 Å². The van der Waals surface area contributed by atoms with Gasteiger partial charge in [0.1, 0.15) is 0 Å². The van der Waals surface area contributed by atoms with Gasteiger partial charge in [0.25, 0.3) is 5.91 Å². The molecule has 1 aliphatic carbocycles. The first-order valence-corrected chi connectivity index (χ1v) is 10.0. The Morgan fingerprint density at radius 2 is 1.79 bits per heavy atom. The summed E-state index contributed by atoms with van der Waals surface area (Å²) in [4.78, 5) is 28.5. The first-order chi connectivity index (χ1) is 13.8. The quantitative estimate of drug-likeness (QED) is 0.719. The minimum atomic E-state index is -0.264. The van der Waals surface area contributed by atoms with Gasteiger partial charge < -0.3 is 15.4 Å². The molecule has 2 N–H and O–H groups in total. The van der Waals surface area contributed by atoms with Crippen LogP contribution in [0.5, 0.6) is 5.88 Å². The highest BCUT2D eigenvalue weighted by Crippen LogP contribution is 2.29. The third-order valence-electron chi connectivity index (χ3n) is 4.87. The zero-order chi connectivity index (χ0) is 20.9. The first-order valence-electron chi connectivity index (χ1n) is 10.0. The predicted octanol–water partition coefficient (Wildman–Crippen LogP) is 3.21. The lowest BCUT2D eigenvalue weighted by atomic mass is 9.87. The molecule has 0 saturated heterocycles. The molecule has 29 heavy (non-hydrogen) atoms. The van der Waals surface area contributed by atoms with E-state index >= 15 is 0 Å². The predicted molar refractivity (Wildman–Crippen MR) is 112 cm³/mol. The second-order valence-corrected chi connectivity index (χ2v) is 8.55. The summed E-state index contributed by atoms with van der Waals surface area (Å²) in [5.74, 6) is 0.775. The molecule has 0 unspecified atom stereocenters. The number of carbonyl (C=O) groups excluding carboxylic acids is 2. The molecule has 6 heteroatoms. The van der Waals surface area contributed by atoms with Crippen molar-refractivity contribution in [2.24, 2.45) is 5.92 Å². The lowest BCUT2D eigenvalue weighted by molar-refractivity contribution is -0.120. The minimum absolute atomic E-state index is 0.0330. The van der Waals surface area contributed by atoms with E-state index in [-0.39, 0.29) is 23.8 Å². The summed E-state index contributed by atoms with van der Waals surface area (Å²) in [5.41, 5.74) is 2.60. The largest absolute Gasteiger partial charge is 0.477 e. The van der Waals surface area contributed by atoms with Crippen LogP contribution in [0.15, 0.2) is 42.6 Å². The molecule has 1 heterocycles. The Labute approximate surface area is 172 Å². The van der Waals surface area contributed by atoms with Crippen LogP contribution in [0.4, 0.5) is 0 Å². The van der Waals surface area contributed by atoms with Gasteiger partial charge in [0.05, 0.1) is 13.2 Å². The van der Waals surface area contributed by atoms with Gasteiger partial charge in [-0.25, -0.2) is 4.98 Å². The van der Waals surface area contributed by atoms with Gasteiger partial charge in [-0.2, -0.15) is 0 Å². The molecule has 0 aliphatic heterocycles. The van der Waals surface area contributed by atoms with Crippen molar-refractivity contribution < 1.29 is 14.3 Å². The highest BCUT2D eigenvalue weighted by molar-refractivity contribution is 5.96. The smallest absolute Gasteiger partial charge is 0.251 e. The monoisotopic (exact) mass is 395 g/mol. The molecular weight excluding hydrogens is 366 g/mol. The third kappa shape index (κ3) is 6.59. The molecule has 1 fully saturated rings. The fourth-order valence-electron chi connectivity index (χ4n) is 2.74. The molecule has 6 nitrogen and oxygen atoms in total. The lowest BCUT2D eigenvalue weighted by Gasteiger charge is -2.19. The summed E-state index contributed by atoms with van der Waals surface area (Å²) in [6.45, 7) is 7.37. The molecule has 2 amide bonds. The Kier molecular flexibility index (Phi) is 6.52. The number of carbonyl (C=O) groups is 2. The van der Waals surface area contributed by atoms with Crippen LogP contribution in [-0.2, 0) is 16.8 Å². The molecule has 3 rings (SSSR count). The number of aromatic nitrogens is 1. The fraction of sp³-hybridized carbons (Fsp3) is 0.435. The molecule has 1 aromatic carbocycles. The van der Waals surface area contributed by atoms with Crippen LogP contribution >= 0.6 is 0 Å². The van der Waals surface area contributed by atoms with E-state index in [4.69, 9.17) is 4.74 Å². The van der Waals surface area contributed by atoms with E-state index in [9.17, 15) is 9.59 Å². The van der Waals surface area contributed by atoms with E-state index in [2.05, 4.69) is 36.4 Å². The second kappa shape index (κ2) is 9.07. The number of rotatable bonds is 8. The summed E-state index contributed by atoms with van der Waals surface area (Å²) >= 11 is 0. The lowest BCUT2D eigenvalue weighted by Crippen LogP contribution is -2.36. The maximum absolute atomic E-state index is 12.2. The van der Waals surface area contributed by atoms with Crippen molar-refractivity contribution in [3.63, 3.8) is 0 Å². The van der Waals surface area contributed by atoms with Gasteiger partial charge in [0.15, 0.2) is 0 Å². The molecule has 0 radical (unpaired) electrons. The normalized spacial score (nSPS) is 13.6. The van der Waals surface area contributed by atoms with E-state index in [1.165, 1.54) is 12.8 Å². The molecule has 0 atom stereocenters. The van der Waals surface area contributed by atoms with Crippen molar-refractivity contribution in [1.82, 2.24) is 15.6 Å². The van der Waals surface area contributed by atoms with Crippen LogP contribution in [0, 0.1) is 5.92 Å². The summed E-state index contributed by atoms with van der Waals surface area (Å²) in [6.07, 6.45) is 4.17. The molecule has 0 bridgehead atoms. The van der Waals surface area contributed by atoms with E-state index in [1.807, 2.05) is 24.3 Å². The minimum Gasteiger partial charge on any atom is -0.477 e. The van der Waals surface area contributed by atoms with E-state index < -0.39 is 0 Å². The summed E-state index contributed by atoms with van der Waals surface area (Å²) < 4.78 is 5.60. The number of nitrogens with zero attached hydrogens (tertiary/aromatic N) is 1. The first kappa shape index (κ1) is 20.8. The Balaban J connectivity index is 1.39. The number of hydrogen-bond donors (Lipinski definition) is 2. The molecule has 0 spiro atoms. The van der Waals surface area contributed by atoms with Crippen LogP contribution in [0.3, 0.4) is 0 Å². The standard InChI is InChI=1S/C23H29N3O3/c1-23(2,3)19-9-7-18(8-10-19)22(28)26-14-20(27)24-12-17-6-11-21(25-13-17)29-15-16-4-5-16/h6-11,13,16H,4-5,12,14-15H2,1-3H3,(H,24,27)(H,26,28). The number of benzene rings is 1. The molecule has 1 aromatic heterocycles. The van der Waals surface area contributed by atoms with Crippen LogP contribution in [0.1, 0.15) is 55.1 Å². The van der Waals surface area contributed by atoms with Gasteiger partial charge in [0, 0.05) is 24.4 Å². The van der Waals surface area contributed by atoms with Crippen LogP contribution in [0.2, 0.25) is 0 Å². The highest BCUT2D eigenvalue weighted by atomic mass is 16.5. The zero-order valence-electron chi connectivity index (χ0n) is 17.3. The molecule has 1 saturated carbocycles. The van der Waals surface area contributed by atoms with Crippen molar-refractivity contribution in [3.8, 4) is 5.88 Å². The number of hydrogen-bond acceptors (Lipinski definition) is 4. The molecule has 1 aliphatic rings. The Morgan fingerprint density at radius 1 is 1.07 bits per heavy atom. The van der Waals surface area contributed by atoms with Gasteiger partial charge in [-0.3, -0.25) is 9.59 Å². The van der Waals surface area contributed by atoms with Crippen LogP contribution < -0.4 is 15.4 Å². The summed E-state index contributed by atoms with van der Waals surface area (Å²) in [5, 5.41) is 5.43. The maximum atomic E-state index is 12.2. The zero-order valence-corrected chi connectivity index (χ0v) is 17.3. The van der Waals surface area contributed by atoms with Gasteiger partial charge in [0.2, 0.25) is 11.8 Å². The van der Waals surface area contributed by atoms with Crippen LogP contribution in [-0.4, -0.2) is 29.9 Å². The number of ether oxygens (including phenoxy) is 1. The van der Waals surface area contributed by atoms with E-state index in [0.29, 0.717) is 23.9 Å². The van der Waals surface area contributed by atoms with Crippen molar-refractivity contribution in [2.45, 2.75) is 45.6 Å². The maximum Gasteiger partial charge on any atom is 0.251 e. The topological polar surface area (TPSA) is 80.3 Å². The average molecular weight is 396 g/mol. The molecule has 154 valence electrons. The van der Waals surface area contributed by atoms with E-state index in [1.54, 1.807) is 18.3 Å². The summed E-state index contributed by atoms with van der Waals surface area (Å²) in [6, 6.07) is 11.1. The van der Waals surface area contributed by atoms with Crippen molar-refractivity contribution >= 4 is 11.8 Å². The Bertz CT molecular complexity index is 835. The number of amides is 2. The molecule has 2 aromatic rings. The number of nitrogens with one attached hydrogen (secondary N) is 2. The van der Waals surface area contributed by atoms with Gasteiger partial charge in [-0.05, 0) is 47.4 Å². The highest BCUT2D eigenvalue weighted by Gasteiger charge is 2.22. The fourth-order valence-corrected chi connectivity index (χ4v) is 2.74.